The first kappa shape index (κ1) is 11.2. The van der Waals surface area contributed by atoms with Gasteiger partial charge in [-0.3, -0.25) is 0 Å². The topological polar surface area (TPSA) is 58.7 Å². The SMILES string of the molecule is C=CCN1C(=O)N=C(N)C12CCCC2(C)C. The van der Waals surface area contributed by atoms with Gasteiger partial charge in [0.2, 0.25) is 0 Å². The lowest BCUT2D eigenvalue weighted by molar-refractivity contribution is 0.112. The van der Waals surface area contributed by atoms with Crippen molar-refractivity contribution in [3.63, 3.8) is 0 Å². The monoisotopic (exact) mass is 221 g/mol. The smallest absolute Gasteiger partial charge is 0.346 e. The number of amides is 2. The first-order valence-electron chi connectivity index (χ1n) is 5.73. The minimum Gasteiger partial charge on any atom is -0.385 e. The fraction of sp³-hybridized carbons (Fsp3) is 0.667. The molecule has 2 aliphatic rings. The van der Waals surface area contributed by atoms with Gasteiger partial charge in [0, 0.05) is 6.54 Å². The summed E-state index contributed by atoms with van der Waals surface area (Å²) in [6, 6.07) is -0.215. The molecule has 1 heterocycles. The highest BCUT2D eigenvalue weighted by Gasteiger charge is 2.59. The van der Waals surface area contributed by atoms with Crippen molar-refractivity contribution in [1.29, 1.82) is 0 Å². The summed E-state index contributed by atoms with van der Waals surface area (Å²) in [6.45, 7) is 8.55. The summed E-state index contributed by atoms with van der Waals surface area (Å²) in [5.74, 6) is 0.488. The molecule has 1 fully saturated rings. The number of hydrogen-bond acceptors (Lipinski definition) is 2. The van der Waals surface area contributed by atoms with Crippen molar-refractivity contribution < 1.29 is 4.79 Å². The Morgan fingerprint density at radius 2 is 2.25 bits per heavy atom. The number of hydrogen-bond donors (Lipinski definition) is 1. The lowest BCUT2D eigenvalue weighted by atomic mass is 9.73. The van der Waals surface area contributed by atoms with Gasteiger partial charge < -0.3 is 10.6 Å². The molecule has 0 radical (unpaired) electrons. The molecule has 1 atom stereocenters. The van der Waals surface area contributed by atoms with E-state index in [0.717, 1.165) is 19.3 Å². The van der Waals surface area contributed by atoms with Crippen molar-refractivity contribution in [3.8, 4) is 0 Å². The molecule has 1 spiro atoms. The summed E-state index contributed by atoms with van der Waals surface area (Å²) >= 11 is 0. The summed E-state index contributed by atoms with van der Waals surface area (Å²) in [5, 5.41) is 0. The van der Waals surface area contributed by atoms with Gasteiger partial charge in [-0.15, -0.1) is 6.58 Å². The van der Waals surface area contributed by atoms with Crippen LogP contribution in [0.15, 0.2) is 17.6 Å². The molecular weight excluding hydrogens is 202 g/mol. The maximum atomic E-state index is 11.8. The summed E-state index contributed by atoms with van der Waals surface area (Å²) in [5.41, 5.74) is 5.63. The van der Waals surface area contributed by atoms with Crippen LogP contribution in [-0.4, -0.2) is 28.9 Å². The Kier molecular flexibility index (Phi) is 2.33. The van der Waals surface area contributed by atoms with E-state index in [1.807, 2.05) is 0 Å². The Bertz CT molecular complexity index is 372. The third-order valence-electron chi connectivity index (χ3n) is 4.10. The molecule has 1 saturated carbocycles. The molecule has 1 unspecified atom stereocenters. The average Bonchev–Trinajstić information content (AvgIpc) is 2.61. The van der Waals surface area contributed by atoms with Crippen molar-refractivity contribution in [2.24, 2.45) is 16.1 Å². The number of rotatable bonds is 2. The molecule has 4 heteroatoms. The number of aliphatic imine (C=N–C) groups is 1. The Hall–Kier alpha value is -1.32. The number of amidine groups is 1. The molecule has 2 rings (SSSR count). The van der Waals surface area contributed by atoms with Crippen molar-refractivity contribution in [2.75, 3.05) is 6.54 Å². The van der Waals surface area contributed by atoms with Crippen molar-refractivity contribution in [2.45, 2.75) is 38.6 Å². The van der Waals surface area contributed by atoms with Gasteiger partial charge in [-0.1, -0.05) is 19.9 Å². The van der Waals surface area contributed by atoms with Crippen LogP contribution in [0, 0.1) is 5.41 Å². The Labute approximate surface area is 96.2 Å². The van der Waals surface area contributed by atoms with E-state index in [-0.39, 0.29) is 17.0 Å². The van der Waals surface area contributed by atoms with E-state index >= 15 is 0 Å². The number of nitrogens with two attached hydrogens (primary N) is 1. The van der Waals surface area contributed by atoms with E-state index in [9.17, 15) is 4.79 Å². The highest BCUT2D eigenvalue weighted by Crippen LogP contribution is 2.51. The molecule has 2 N–H and O–H groups in total. The molecule has 1 aliphatic heterocycles. The number of carbonyl (C=O) groups excluding carboxylic acids is 1. The van der Waals surface area contributed by atoms with Crippen molar-refractivity contribution in [1.82, 2.24) is 4.90 Å². The van der Waals surface area contributed by atoms with Gasteiger partial charge in [-0.25, -0.2) is 4.79 Å². The van der Waals surface area contributed by atoms with Gasteiger partial charge in [-0.05, 0) is 24.7 Å². The minimum atomic E-state index is -0.377. The van der Waals surface area contributed by atoms with Gasteiger partial charge in [0.05, 0.1) is 0 Å². The third kappa shape index (κ3) is 1.16. The van der Waals surface area contributed by atoms with E-state index in [1.54, 1.807) is 11.0 Å². The maximum Gasteiger partial charge on any atom is 0.346 e. The van der Waals surface area contributed by atoms with E-state index in [4.69, 9.17) is 5.73 Å². The summed E-state index contributed by atoms with van der Waals surface area (Å²) < 4.78 is 0. The maximum absolute atomic E-state index is 11.8. The predicted octanol–water partition coefficient (Wildman–Crippen LogP) is 1.91. The molecule has 0 saturated heterocycles. The van der Waals surface area contributed by atoms with Crippen molar-refractivity contribution in [3.05, 3.63) is 12.7 Å². The van der Waals surface area contributed by atoms with Crippen LogP contribution >= 0.6 is 0 Å². The van der Waals surface area contributed by atoms with Crippen LogP contribution in [0.25, 0.3) is 0 Å². The van der Waals surface area contributed by atoms with Crippen LogP contribution in [0.5, 0.6) is 0 Å². The molecule has 2 amide bonds. The van der Waals surface area contributed by atoms with Crippen molar-refractivity contribution >= 4 is 11.9 Å². The Morgan fingerprint density at radius 1 is 1.56 bits per heavy atom. The van der Waals surface area contributed by atoms with Crippen LogP contribution in [-0.2, 0) is 0 Å². The fourth-order valence-electron chi connectivity index (χ4n) is 3.23. The van der Waals surface area contributed by atoms with Crippen LogP contribution in [0.4, 0.5) is 4.79 Å². The molecule has 0 aromatic heterocycles. The molecular formula is C12H19N3O. The standard InChI is InChI=1S/C12H19N3O/c1-4-8-15-10(16)14-9(13)12(15)7-5-6-11(12,2)3/h4H,1,5-8H2,2-3H3,(H2,13,14,16). The lowest BCUT2D eigenvalue weighted by Gasteiger charge is -2.44. The Balaban J connectivity index is 2.47. The van der Waals surface area contributed by atoms with Gasteiger partial charge in [0.15, 0.2) is 0 Å². The normalized spacial score (nSPS) is 32.2. The molecule has 88 valence electrons. The van der Waals surface area contributed by atoms with Crippen LogP contribution < -0.4 is 5.73 Å². The summed E-state index contributed by atoms with van der Waals surface area (Å²) in [6.07, 6.45) is 4.81. The quantitative estimate of drug-likeness (QED) is 0.724. The number of urea groups is 1. The highest BCUT2D eigenvalue weighted by atomic mass is 16.2. The Morgan fingerprint density at radius 3 is 2.75 bits per heavy atom. The number of nitrogens with zero attached hydrogens (tertiary/aromatic N) is 2. The zero-order valence-corrected chi connectivity index (χ0v) is 9.99. The fourth-order valence-corrected chi connectivity index (χ4v) is 3.23. The van der Waals surface area contributed by atoms with Gasteiger partial charge in [0.1, 0.15) is 11.4 Å². The second-order valence-corrected chi connectivity index (χ2v) is 5.28. The largest absolute Gasteiger partial charge is 0.385 e. The molecule has 1 aliphatic carbocycles. The van der Waals surface area contributed by atoms with Crippen LogP contribution in [0.1, 0.15) is 33.1 Å². The summed E-state index contributed by atoms with van der Waals surface area (Å²) in [4.78, 5) is 17.6. The average molecular weight is 221 g/mol. The number of carbonyl (C=O) groups is 1. The first-order valence-corrected chi connectivity index (χ1v) is 5.73. The molecule has 4 nitrogen and oxygen atoms in total. The van der Waals surface area contributed by atoms with Crippen LogP contribution in [0.3, 0.4) is 0 Å². The van der Waals surface area contributed by atoms with Gasteiger partial charge >= 0.3 is 6.03 Å². The first-order chi connectivity index (χ1) is 7.45. The van der Waals surface area contributed by atoms with Gasteiger partial charge in [0.25, 0.3) is 0 Å². The van der Waals surface area contributed by atoms with Gasteiger partial charge in [-0.2, -0.15) is 4.99 Å². The van der Waals surface area contributed by atoms with E-state index < -0.39 is 0 Å². The predicted molar refractivity (Wildman–Crippen MR) is 64.3 cm³/mol. The summed E-state index contributed by atoms with van der Waals surface area (Å²) in [7, 11) is 0. The second-order valence-electron chi connectivity index (χ2n) is 5.28. The molecule has 0 aromatic rings. The molecule has 0 aromatic carbocycles. The van der Waals surface area contributed by atoms with E-state index in [1.165, 1.54) is 0 Å². The molecule has 16 heavy (non-hydrogen) atoms. The molecule has 0 bridgehead atoms. The second kappa shape index (κ2) is 3.34. The minimum absolute atomic E-state index is 0.00421. The highest BCUT2D eigenvalue weighted by molar-refractivity contribution is 6.06. The van der Waals surface area contributed by atoms with E-state index in [0.29, 0.717) is 12.4 Å². The van der Waals surface area contributed by atoms with Crippen LogP contribution in [0.2, 0.25) is 0 Å². The zero-order chi connectivity index (χ0) is 12.0. The zero-order valence-electron chi connectivity index (χ0n) is 9.99. The van der Waals surface area contributed by atoms with E-state index in [2.05, 4.69) is 25.4 Å². The lowest BCUT2D eigenvalue weighted by Crippen LogP contribution is -2.60. The third-order valence-corrected chi connectivity index (χ3v) is 4.10.